The van der Waals surface area contributed by atoms with Crippen LogP contribution in [-0.2, 0) is 0 Å². The minimum absolute atomic E-state index is 0.528. The second-order valence-electron chi connectivity index (χ2n) is 3.90. The molecular weight excluding hydrogens is 198 g/mol. The maximum atomic E-state index is 6.07. The first-order valence-electron chi connectivity index (χ1n) is 4.54. The molecule has 0 aliphatic carbocycles. The lowest BCUT2D eigenvalue weighted by molar-refractivity contribution is 0.115. The predicted octanol–water partition coefficient (Wildman–Crippen LogP) is 3.11. The molecule has 0 aromatic heterocycles. The van der Waals surface area contributed by atoms with E-state index in [1.165, 1.54) is 0 Å². The summed E-state index contributed by atoms with van der Waals surface area (Å²) >= 11 is 6.07. The zero-order chi connectivity index (χ0) is 10.3. The van der Waals surface area contributed by atoms with Crippen molar-refractivity contribution < 1.29 is 4.74 Å². The van der Waals surface area contributed by atoms with Crippen LogP contribution in [0.1, 0.15) is 25.0 Å². The van der Waals surface area contributed by atoms with Crippen LogP contribution in [0.25, 0.3) is 0 Å². The summed E-state index contributed by atoms with van der Waals surface area (Å²) in [5.41, 5.74) is 1.41. The summed E-state index contributed by atoms with van der Waals surface area (Å²) in [6, 6.07) is 5.88. The van der Waals surface area contributed by atoms with Gasteiger partial charge in [-0.15, -0.1) is 0 Å². The van der Waals surface area contributed by atoms with Gasteiger partial charge in [0.05, 0.1) is 5.56 Å². The Labute approximate surface area is 88.6 Å². The Bertz CT molecular complexity index is 410. The first kappa shape index (κ1) is 9.53. The molecule has 1 aliphatic rings. The summed E-state index contributed by atoms with van der Waals surface area (Å²) in [5.74, 6) is 0.845. The number of ether oxygens (including phenoxy) is 1. The Balaban J connectivity index is 2.62. The Morgan fingerprint density at radius 1 is 1.36 bits per heavy atom. The van der Waals surface area contributed by atoms with Crippen LogP contribution >= 0.6 is 11.6 Å². The van der Waals surface area contributed by atoms with Gasteiger partial charge in [0.2, 0.25) is 0 Å². The number of aryl methyl sites for hydroxylation is 1. The van der Waals surface area contributed by atoms with Gasteiger partial charge < -0.3 is 4.74 Å². The zero-order valence-corrected chi connectivity index (χ0v) is 9.22. The maximum absolute atomic E-state index is 6.07. The third-order valence-corrected chi connectivity index (χ3v) is 2.44. The lowest BCUT2D eigenvalue weighted by Gasteiger charge is -2.29. The highest BCUT2D eigenvalue weighted by Gasteiger charge is 2.27. The van der Waals surface area contributed by atoms with Crippen LogP contribution in [0, 0.1) is 6.92 Å². The molecule has 2 rings (SSSR count). The van der Waals surface area contributed by atoms with Gasteiger partial charge in [-0.3, -0.25) is 0 Å². The number of para-hydroxylation sites is 1. The second kappa shape index (κ2) is 2.99. The number of rotatable bonds is 0. The first-order chi connectivity index (χ1) is 6.49. The van der Waals surface area contributed by atoms with E-state index in [1.54, 1.807) is 0 Å². The van der Waals surface area contributed by atoms with Crippen LogP contribution in [-0.4, -0.2) is 10.9 Å². The summed E-state index contributed by atoms with van der Waals surface area (Å²) in [6.07, 6.45) is 0. The van der Waals surface area contributed by atoms with Crippen molar-refractivity contribution in [3.63, 3.8) is 0 Å². The molecule has 1 aromatic rings. The van der Waals surface area contributed by atoms with Gasteiger partial charge in [-0.1, -0.05) is 23.7 Å². The van der Waals surface area contributed by atoms with Crippen LogP contribution < -0.4 is 4.74 Å². The van der Waals surface area contributed by atoms with Crippen LogP contribution in [0.2, 0.25) is 0 Å². The highest BCUT2D eigenvalue weighted by molar-refractivity contribution is 6.70. The number of benzene rings is 1. The van der Waals surface area contributed by atoms with E-state index in [4.69, 9.17) is 16.3 Å². The molecular formula is C11H12ClNO. The van der Waals surface area contributed by atoms with E-state index in [9.17, 15) is 0 Å². The van der Waals surface area contributed by atoms with Gasteiger partial charge in [-0.25, -0.2) is 4.99 Å². The van der Waals surface area contributed by atoms with E-state index in [0.717, 1.165) is 16.9 Å². The average Bonchev–Trinajstić information content (AvgIpc) is 2.05. The summed E-state index contributed by atoms with van der Waals surface area (Å²) in [4.78, 5) is 4.26. The van der Waals surface area contributed by atoms with Crippen molar-refractivity contribution in [2.75, 3.05) is 0 Å². The molecule has 0 bridgehead atoms. The van der Waals surface area contributed by atoms with Crippen molar-refractivity contribution in [3.05, 3.63) is 29.3 Å². The summed E-state index contributed by atoms with van der Waals surface area (Å²) in [7, 11) is 0. The number of fused-ring (bicyclic) bond motifs is 1. The smallest absolute Gasteiger partial charge is 0.196 e. The molecule has 1 aliphatic heterocycles. The molecule has 14 heavy (non-hydrogen) atoms. The van der Waals surface area contributed by atoms with E-state index in [2.05, 4.69) is 4.99 Å². The molecule has 0 amide bonds. The lowest BCUT2D eigenvalue weighted by atomic mass is 10.1. The Morgan fingerprint density at radius 3 is 2.79 bits per heavy atom. The summed E-state index contributed by atoms with van der Waals surface area (Å²) < 4.78 is 5.75. The molecule has 74 valence electrons. The summed E-state index contributed by atoms with van der Waals surface area (Å²) in [5, 5.41) is 0.528. The lowest BCUT2D eigenvalue weighted by Crippen LogP contribution is -2.31. The SMILES string of the molecule is Cc1cccc2c1OC(C)(C)N=C2Cl. The van der Waals surface area contributed by atoms with Crippen LogP contribution in [0.5, 0.6) is 5.75 Å². The minimum atomic E-state index is -0.559. The molecule has 0 atom stereocenters. The van der Waals surface area contributed by atoms with Gasteiger partial charge in [-0.05, 0) is 32.4 Å². The molecule has 3 heteroatoms. The normalized spacial score (nSPS) is 18.1. The van der Waals surface area contributed by atoms with Crippen molar-refractivity contribution in [2.45, 2.75) is 26.5 Å². The highest BCUT2D eigenvalue weighted by Crippen LogP contribution is 2.33. The number of aliphatic imine (C=N–C) groups is 1. The van der Waals surface area contributed by atoms with Gasteiger partial charge in [0.1, 0.15) is 10.9 Å². The monoisotopic (exact) mass is 209 g/mol. The average molecular weight is 210 g/mol. The fraction of sp³-hybridized carbons (Fsp3) is 0.364. The molecule has 0 fully saturated rings. The van der Waals surface area contributed by atoms with Gasteiger partial charge >= 0.3 is 0 Å². The molecule has 0 unspecified atom stereocenters. The second-order valence-corrected chi connectivity index (χ2v) is 4.26. The fourth-order valence-corrected chi connectivity index (χ4v) is 1.87. The predicted molar refractivity (Wildman–Crippen MR) is 58.3 cm³/mol. The molecule has 0 N–H and O–H groups in total. The minimum Gasteiger partial charge on any atom is -0.466 e. The van der Waals surface area contributed by atoms with Crippen molar-refractivity contribution >= 4 is 16.8 Å². The van der Waals surface area contributed by atoms with Gasteiger partial charge in [0.15, 0.2) is 5.72 Å². The van der Waals surface area contributed by atoms with E-state index in [0.29, 0.717) is 5.17 Å². The highest BCUT2D eigenvalue weighted by atomic mass is 35.5. The van der Waals surface area contributed by atoms with Gasteiger partial charge in [0, 0.05) is 0 Å². The van der Waals surface area contributed by atoms with Crippen LogP contribution in [0.4, 0.5) is 0 Å². The van der Waals surface area contributed by atoms with Crippen molar-refractivity contribution in [2.24, 2.45) is 4.99 Å². The maximum Gasteiger partial charge on any atom is 0.196 e. The van der Waals surface area contributed by atoms with E-state index >= 15 is 0 Å². The van der Waals surface area contributed by atoms with Crippen molar-refractivity contribution in [1.82, 2.24) is 0 Å². The third-order valence-electron chi connectivity index (χ3n) is 2.15. The molecule has 0 radical (unpaired) electrons. The van der Waals surface area contributed by atoms with Gasteiger partial charge in [-0.2, -0.15) is 0 Å². The van der Waals surface area contributed by atoms with Gasteiger partial charge in [0.25, 0.3) is 0 Å². The Kier molecular flexibility index (Phi) is 2.04. The standard InChI is InChI=1S/C11H12ClNO/c1-7-5-4-6-8-9(7)14-11(2,3)13-10(8)12/h4-6H,1-3H3. The largest absolute Gasteiger partial charge is 0.466 e. The molecule has 2 nitrogen and oxygen atoms in total. The molecule has 0 spiro atoms. The number of halogens is 1. The molecule has 0 saturated carbocycles. The van der Waals surface area contributed by atoms with E-state index in [1.807, 2.05) is 39.0 Å². The van der Waals surface area contributed by atoms with Crippen molar-refractivity contribution in [3.8, 4) is 5.75 Å². The van der Waals surface area contributed by atoms with Crippen LogP contribution in [0.15, 0.2) is 23.2 Å². The Morgan fingerprint density at radius 2 is 2.07 bits per heavy atom. The number of nitrogens with zero attached hydrogens (tertiary/aromatic N) is 1. The summed E-state index contributed by atoms with van der Waals surface area (Å²) in [6.45, 7) is 5.79. The quantitative estimate of drug-likeness (QED) is 0.644. The molecule has 0 saturated heterocycles. The topological polar surface area (TPSA) is 21.6 Å². The number of hydrogen-bond donors (Lipinski definition) is 0. The zero-order valence-electron chi connectivity index (χ0n) is 8.47. The van der Waals surface area contributed by atoms with Crippen molar-refractivity contribution in [1.29, 1.82) is 0 Å². The van der Waals surface area contributed by atoms with E-state index < -0.39 is 5.72 Å². The van der Waals surface area contributed by atoms with E-state index in [-0.39, 0.29) is 0 Å². The third kappa shape index (κ3) is 1.50. The first-order valence-corrected chi connectivity index (χ1v) is 4.92. The Hall–Kier alpha value is -1.02. The molecule has 1 heterocycles. The fourth-order valence-electron chi connectivity index (χ4n) is 1.52. The molecule has 1 aromatic carbocycles. The number of hydrogen-bond acceptors (Lipinski definition) is 2. The van der Waals surface area contributed by atoms with Crippen LogP contribution in [0.3, 0.4) is 0 Å².